The zero-order valence-corrected chi connectivity index (χ0v) is 11.9. The summed E-state index contributed by atoms with van der Waals surface area (Å²) in [6.45, 7) is 1.86. The third-order valence-electron chi connectivity index (χ3n) is 3.03. The number of thiazole rings is 1. The van der Waals surface area contributed by atoms with Crippen molar-refractivity contribution in [1.29, 1.82) is 0 Å². The monoisotopic (exact) mass is 292 g/mol. The van der Waals surface area contributed by atoms with E-state index in [2.05, 4.69) is 10.3 Å². The number of nitrogens with one attached hydrogen (secondary N) is 1. The summed E-state index contributed by atoms with van der Waals surface area (Å²) in [6.07, 6.45) is 8.93. The van der Waals surface area contributed by atoms with E-state index in [0.717, 1.165) is 17.7 Å². The molecule has 2 N–H and O–H groups in total. The number of rotatable bonds is 4. The topological polar surface area (TPSA) is 79.3 Å². The Morgan fingerprint density at radius 2 is 2.25 bits per heavy atom. The fourth-order valence-corrected chi connectivity index (χ4v) is 3.18. The van der Waals surface area contributed by atoms with Crippen molar-refractivity contribution in [3.05, 3.63) is 34.9 Å². The van der Waals surface area contributed by atoms with Crippen molar-refractivity contribution in [2.24, 2.45) is 0 Å². The Morgan fingerprint density at radius 3 is 2.95 bits per heavy atom. The number of carboxylic acids is 1. The first-order valence-electron chi connectivity index (χ1n) is 6.44. The standard InChI is InChI=1S/C14H16N2O3S/c1-2-3-4-8-11(17)15-14-16-12-9(13(18)19)6-5-7-10(12)20-14/h2-4,8-9H,5-7H2,1H3,(H,18,19)(H,15,16,17). The molecule has 0 aromatic carbocycles. The van der Waals surface area contributed by atoms with Crippen molar-refractivity contribution in [2.45, 2.75) is 32.1 Å². The highest BCUT2D eigenvalue weighted by molar-refractivity contribution is 7.15. The van der Waals surface area contributed by atoms with Crippen LogP contribution in [0.4, 0.5) is 5.13 Å². The van der Waals surface area contributed by atoms with E-state index < -0.39 is 11.9 Å². The molecule has 1 aromatic heterocycles. The number of carboxylic acid groups (broad SMARTS) is 1. The van der Waals surface area contributed by atoms with Gasteiger partial charge in [0.15, 0.2) is 5.13 Å². The summed E-state index contributed by atoms with van der Waals surface area (Å²) in [6, 6.07) is 0. The average molecular weight is 292 g/mol. The Balaban J connectivity index is 2.12. The van der Waals surface area contributed by atoms with Gasteiger partial charge >= 0.3 is 5.97 Å². The van der Waals surface area contributed by atoms with Gasteiger partial charge < -0.3 is 5.11 Å². The molecule has 106 valence electrons. The second kappa shape index (κ2) is 6.47. The zero-order valence-electron chi connectivity index (χ0n) is 11.1. The molecule has 1 aliphatic rings. The van der Waals surface area contributed by atoms with Crippen LogP contribution in [0.2, 0.25) is 0 Å². The number of aliphatic carboxylic acids is 1. The molecule has 0 bridgehead atoms. The molecule has 0 aliphatic heterocycles. The number of anilines is 1. The fraction of sp³-hybridized carbons (Fsp3) is 0.357. The Kier molecular flexibility index (Phi) is 4.68. The zero-order chi connectivity index (χ0) is 14.5. The number of nitrogens with zero attached hydrogens (tertiary/aromatic N) is 1. The third-order valence-corrected chi connectivity index (χ3v) is 4.08. The number of aryl methyl sites for hydroxylation is 1. The van der Waals surface area contributed by atoms with Gasteiger partial charge in [0.1, 0.15) is 5.92 Å². The molecule has 1 atom stereocenters. The van der Waals surface area contributed by atoms with E-state index in [9.17, 15) is 14.7 Å². The van der Waals surface area contributed by atoms with Gasteiger partial charge in [-0.2, -0.15) is 0 Å². The van der Waals surface area contributed by atoms with Gasteiger partial charge in [0, 0.05) is 11.0 Å². The summed E-state index contributed by atoms with van der Waals surface area (Å²) in [5.74, 6) is -1.65. The van der Waals surface area contributed by atoms with Crippen LogP contribution >= 0.6 is 11.3 Å². The van der Waals surface area contributed by atoms with E-state index in [0.29, 0.717) is 17.2 Å². The van der Waals surface area contributed by atoms with Crippen molar-refractivity contribution in [3.8, 4) is 0 Å². The maximum atomic E-state index is 11.6. The van der Waals surface area contributed by atoms with Crippen molar-refractivity contribution >= 4 is 28.3 Å². The molecule has 5 nitrogen and oxygen atoms in total. The predicted molar refractivity (Wildman–Crippen MR) is 78.0 cm³/mol. The summed E-state index contributed by atoms with van der Waals surface area (Å²) < 4.78 is 0. The van der Waals surface area contributed by atoms with Crippen LogP contribution in [0, 0.1) is 0 Å². The number of hydrogen-bond acceptors (Lipinski definition) is 4. The number of carbonyl (C=O) groups is 2. The minimum Gasteiger partial charge on any atom is -0.481 e. The number of amides is 1. The van der Waals surface area contributed by atoms with Gasteiger partial charge in [-0.15, -0.1) is 11.3 Å². The van der Waals surface area contributed by atoms with E-state index in [1.807, 2.05) is 13.0 Å². The molecule has 2 rings (SSSR count). The normalized spacial score (nSPS) is 18.4. The third kappa shape index (κ3) is 3.33. The van der Waals surface area contributed by atoms with Crippen LogP contribution in [0.25, 0.3) is 0 Å². The lowest BCUT2D eigenvalue weighted by atomic mass is 9.91. The van der Waals surface area contributed by atoms with Crippen LogP contribution in [-0.2, 0) is 16.0 Å². The van der Waals surface area contributed by atoms with Crippen LogP contribution < -0.4 is 5.32 Å². The smallest absolute Gasteiger partial charge is 0.312 e. The first-order valence-corrected chi connectivity index (χ1v) is 7.26. The number of allylic oxidation sites excluding steroid dienone is 3. The summed E-state index contributed by atoms with van der Waals surface area (Å²) in [4.78, 5) is 28.1. The Morgan fingerprint density at radius 1 is 1.45 bits per heavy atom. The molecule has 0 saturated carbocycles. The Labute approximate surface area is 121 Å². The molecular weight excluding hydrogens is 276 g/mol. The number of aromatic nitrogens is 1. The van der Waals surface area contributed by atoms with Crippen LogP contribution in [0.15, 0.2) is 24.3 Å². The van der Waals surface area contributed by atoms with Gasteiger partial charge in [0.25, 0.3) is 0 Å². The Hall–Kier alpha value is -1.95. The average Bonchev–Trinajstić information content (AvgIpc) is 2.80. The summed E-state index contributed by atoms with van der Waals surface area (Å²) in [7, 11) is 0. The lowest BCUT2D eigenvalue weighted by Gasteiger charge is -2.16. The van der Waals surface area contributed by atoms with E-state index in [4.69, 9.17) is 0 Å². The number of hydrogen-bond donors (Lipinski definition) is 2. The van der Waals surface area contributed by atoms with E-state index in [-0.39, 0.29) is 5.91 Å². The molecule has 0 fully saturated rings. The highest BCUT2D eigenvalue weighted by Gasteiger charge is 2.30. The maximum absolute atomic E-state index is 11.6. The van der Waals surface area contributed by atoms with Gasteiger partial charge in [0.05, 0.1) is 5.69 Å². The number of carbonyl (C=O) groups excluding carboxylic acids is 1. The molecular formula is C14H16N2O3S. The van der Waals surface area contributed by atoms with E-state index >= 15 is 0 Å². The lowest BCUT2D eigenvalue weighted by molar-refractivity contribution is -0.139. The van der Waals surface area contributed by atoms with Crippen molar-refractivity contribution < 1.29 is 14.7 Å². The fourth-order valence-electron chi connectivity index (χ4n) is 2.11. The van der Waals surface area contributed by atoms with Crippen LogP contribution in [0.5, 0.6) is 0 Å². The van der Waals surface area contributed by atoms with Crippen LogP contribution in [0.1, 0.15) is 36.3 Å². The molecule has 1 heterocycles. The van der Waals surface area contributed by atoms with Crippen molar-refractivity contribution in [1.82, 2.24) is 4.98 Å². The number of fused-ring (bicyclic) bond motifs is 1. The lowest BCUT2D eigenvalue weighted by Crippen LogP contribution is -2.17. The molecule has 1 amide bonds. The van der Waals surface area contributed by atoms with E-state index in [1.165, 1.54) is 17.4 Å². The van der Waals surface area contributed by atoms with Gasteiger partial charge in [-0.1, -0.05) is 18.2 Å². The van der Waals surface area contributed by atoms with Gasteiger partial charge in [-0.3, -0.25) is 14.9 Å². The molecule has 6 heteroatoms. The first-order chi connectivity index (χ1) is 9.61. The second-order valence-corrected chi connectivity index (χ2v) is 5.57. The summed E-state index contributed by atoms with van der Waals surface area (Å²) >= 11 is 1.37. The molecule has 20 heavy (non-hydrogen) atoms. The van der Waals surface area contributed by atoms with Gasteiger partial charge in [0.2, 0.25) is 5.91 Å². The SMILES string of the molecule is CC=CC=CC(=O)Nc1nc2c(s1)CCCC2C(=O)O. The predicted octanol–water partition coefficient (Wildman–Crippen LogP) is 2.72. The van der Waals surface area contributed by atoms with Crippen LogP contribution in [0.3, 0.4) is 0 Å². The molecule has 1 unspecified atom stereocenters. The molecule has 0 saturated heterocycles. The molecule has 1 aliphatic carbocycles. The van der Waals surface area contributed by atoms with E-state index in [1.54, 1.807) is 12.2 Å². The van der Waals surface area contributed by atoms with Crippen LogP contribution in [-0.4, -0.2) is 22.0 Å². The Bertz CT molecular complexity index is 575. The van der Waals surface area contributed by atoms with Gasteiger partial charge in [-0.25, -0.2) is 4.98 Å². The highest BCUT2D eigenvalue weighted by atomic mass is 32.1. The van der Waals surface area contributed by atoms with Crippen molar-refractivity contribution in [2.75, 3.05) is 5.32 Å². The molecule has 0 spiro atoms. The summed E-state index contributed by atoms with van der Waals surface area (Å²) in [5.41, 5.74) is 0.612. The minimum absolute atomic E-state index is 0.263. The minimum atomic E-state index is -0.845. The highest BCUT2D eigenvalue weighted by Crippen LogP contribution is 2.36. The van der Waals surface area contributed by atoms with Gasteiger partial charge in [-0.05, 0) is 26.2 Å². The largest absolute Gasteiger partial charge is 0.481 e. The quantitative estimate of drug-likeness (QED) is 0.660. The molecule has 1 aromatic rings. The second-order valence-electron chi connectivity index (χ2n) is 4.48. The summed E-state index contributed by atoms with van der Waals surface area (Å²) in [5, 5.41) is 12.3. The molecule has 0 radical (unpaired) electrons. The first kappa shape index (κ1) is 14.5. The van der Waals surface area contributed by atoms with Crippen molar-refractivity contribution in [3.63, 3.8) is 0 Å². The maximum Gasteiger partial charge on any atom is 0.312 e.